The van der Waals surface area contributed by atoms with Crippen LogP contribution in [0.4, 0.5) is 13.2 Å². The number of hydrogen-bond donors (Lipinski definition) is 1. The zero-order valence-corrected chi connectivity index (χ0v) is 14.4. The fourth-order valence-electron chi connectivity index (χ4n) is 2.46. The Hall–Kier alpha value is -2.68. The molecule has 0 saturated carbocycles. The van der Waals surface area contributed by atoms with Crippen molar-refractivity contribution in [2.24, 2.45) is 0 Å². The van der Waals surface area contributed by atoms with Crippen molar-refractivity contribution >= 4 is 11.6 Å². The molecule has 1 N–H and O–H groups in total. The normalized spacial score (nSPS) is 13.0. The minimum absolute atomic E-state index is 0.0312. The Morgan fingerprint density at radius 1 is 1.23 bits per heavy atom. The maximum atomic E-state index is 12.8. The van der Waals surface area contributed by atoms with Gasteiger partial charge in [0.1, 0.15) is 11.5 Å². The van der Waals surface area contributed by atoms with Gasteiger partial charge in [-0.2, -0.15) is 28.2 Å². The van der Waals surface area contributed by atoms with Crippen LogP contribution in [0.25, 0.3) is 11.4 Å². The van der Waals surface area contributed by atoms with E-state index in [1.807, 2.05) is 0 Å². The highest BCUT2D eigenvalue weighted by Crippen LogP contribution is 2.34. The first-order valence-electron chi connectivity index (χ1n) is 7.52. The minimum Gasteiger partial charge on any atom is -0.311 e. The predicted octanol–water partition coefficient (Wildman–Crippen LogP) is 3.62. The molecule has 0 spiro atoms. The molecule has 0 radical (unpaired) electrons. The third-order valence-corrected chi connectivity index (χ3v) is 4.08. The summed E-state index contributed by atoms with van der Waals surface area (Å²) in [5.41, 5.74) is 0.0193. The van der Waals surface area contributed by atoms with Crippen LogP contribution in [0.3, 0.4) is 0 Å². The molecule has 26 heavy (non-hydrogen) atoms. The summed E-state index contributed by atoms with van der Waals surface area (Å²) in [6.07, 6.45) is -3.04. The summed E-state index contributed by atoms with van der Waals surface area (Å²) < 4.78 is 38.3. The highest BCUT2D eigenvalue weighted by Gasteiger charge is 2.31. The van der Waals surface area contributed by atoms with Gasteiger partial charge in [0.25, 0.3) is 5.56 Å². The van der Waals surface area contributed by atoms with Gasteiger partial charge in [-0.1, -0.05) is 17.7 Å². The molecule has 1 atom stereocenters. The van der Waals surface area contributed by atoms with Crippen molar-refractivity contribution in [1.29, 1.82) is 0 Å². The SMILES string of the molecule is Cc1nc(-c2cnn([C@H](C)c3ccc(C(F)(F)F)cc3Cl)n2)cc(=O)[nH]1. The van der Waals surface area contributed by atoms with Gasteiger partial charge in [-0.15, -0.1) is 0 Å². The van der Waals surface area contributed by atoms with E-state index in [0.717, 1.165) is 12.1 Å². The van der Waals surface area contributed by atoms with E-state index in [0.29, 0.717) is 22.8 Å². The standard InChI is InChI=1S/C16H13ClF3N5O/c1-8(11-4-3-10(5-12(11)17)16(18,19)20)25-21-7-14(24-25)13-6-15(26)23-9(2)22-13/h3-8H,1-2H3,(H,22,23,26)/t8-/m1/s1. The third-order valence-electron chi connectivity index (χ3n) is 3.76. The molecule has 2 heterocycles. The zero-order chi connectivity index (χ0) is 19.1. The number of benzene rings is 1. The van der Waals surface area contributed by atoms with Crippen LogP contribution in [0.2, 0.25) is 5.02 Å². The van der Waals surface area contributed by atoms with E-state index >= 15 is 0 Å². The lowest BCUT2D eigenvalue weighted by molar-refractivity contribution is -0.137. The van der Waals surface area contributed by atoms with Crippen molar-refractivity contribution in [3.63, 3.8) is 0 Å². The number of aryl methyl sites for hydroxylation is 1. The first-order valence-corrected chi connectivity index (χ1v) is 7.90. The molecule has 6 nitrogen and oxygen atoms in total. The molecule has 0 aliphatic rings. The van der Waals surface area contributed by atoms with E-state index in [2.05, 4.69) is 20.2 Å². The highest BCUT2D eigenvalue weighted by atomic mass is 35.5. The van der Waals surface area contributed by atoms with Crippen molar-refractivity contribution in [2.75, 3.05) is 0 Å². The number of alkyl halides is 3. The van der Waals surface area contributed by atoms with Crippen molar-refractivity contribution in [1.82, 2.24) is 25.0 Å². The molecule has 0 aliphatic heterocycles. The van der Waals surface area contributed by atoms with Gasteiger partial charge in [0.2, 0.25) is 0 Å². The number of H-pyrrole nitrogens is 1. The Labute approximate surface area is 150 Å². The Bertz CT molecular complexity index is 1010. The van der Waals surface area contributed by atoms with Crippen molar-refractivity contribution in [3.05, 3.63) is 62.8 Å². The monoisotopic (exact) mass is 383 g/mol. The molecule has 0 unspecified atom stereocenters. The Balaban J connectivity index is 1.93. The molecule has 0 bridgehead atoms. The maximum Gasteiger partial charge on any atom is 0.416 e. The summed E-state index contributed by atoms with van der Waals surface area (Å²) in [4.78, 5) is 19.6. The number of rotatable bonds is 3. The lowest BCUT2D eigenvalue weighted by Gasteiger charge is -2.15. The number of hydrogen-bond acceptors (Lipinski definition) is 4. The number of halogens is 4. The first-order chi connectivity index (χ1) is 12.1. The molecule has 3 aromatic rings. The first kappa shape index (κ1) is 18.1. The summed E-state index contributed by atoms with van der Waals surface area (Å²) >= 11 is 6.02. The second kappa shape index (κ2) is 6.56. The average Bonchev–Trinajstić information content (AvgIpc) is 3.02. The van der Waals surface area contributed by atoms with Crippen LogP contribution in [-0.4, -0.2) is 25.0 Å². The number of nitrogens with one attached hydrogen (secondary N) is 1. The van der Waals surface area contributed by atoms with Crippen molar-refractivity contribution in [3.8, 4) is 11.4 Å². The molecular formula is C16H13ClF3N5O. The smallest absolute Gasteiger partial charge is 0.311 e. The van der Waals surface area contributed by atoms with Gasteiger partial charge in [0.05, 0.1) is 23.5 Å². The average molecular weight is 384 g/mol. The van der Waals surface area contributed by atoms with Crippen LogP contribution in [0.1, 0.15) is 29.9 Å². The van der Waals surface area contributed by atoms with E-state index in [1.54, 1.807) is 13.8 Å². The molecule has 0 aliphatic carbocycles. The summed E-state index contributed by atoms with van der Waals surface area (Å²) in [6.45, 7) is 3.34. The van der Waals surface area contributed by atoms with Gasteiger partial charge in [-0.3, -0.25) is 4.79 Å². The van der Waals surface area contributed by atoms with E-state index in [9.17, 15) is 18.0 Å². The van der Waals surface area contributed by atoms with Gasteiger partial charge < -0.3 is 4.98 Å². The molecule has 0 amide bonds. The van der Waals surface area contributed by atoms with Gasteiger partial charge in [-0.25, -0.2) is 4.98 Å². The van der Waals surface area contributed by atoms with Gasteiger partial charge in [0.15, 0.2) is 0 Å². The van der Waals surface area contributed by atoms with Crippen LogP contribution < -0.4 is 5.56 Å². The van der Waals surface area contributed by atoms with E-state index in [-0.39, 0.29) is 10.6 Å². The van der Waals surface area contributed by atoms with Gasteiger partial charge in [-0.05, 0) is 31.5 Å². The number of aromatic nitrogens is 5. The lowest BCUT2D eigenvalue weighted by Crippen LogP contribution is -2.12. The molecule has 3 rings (SSSR count). The summed E-state index contributed by atoms with van der Waals surface area (Å²) in [6, 6.07) is 3.91. The highest BCUT2D eigenvalue weighted by molar-refractivity contribution is 6.31. The van der Waals surface area contributed by atoms with E-state index < -0.39 is 17.8 Å². The van der Waals surface area contributed by atoms with Crippen LogP contribution in [0.15, 0.2) is 35.3 Å². The third kappa shape index (κ3) is 3.62. The largest absolute Gasteiger partial charge is 0.416 e. The fourth-order valence-corrected chi connectivity index (χ4v) is 2.80. The molecular weight excluding hydrogens is 371 g/mol. The van der Waals surface area contributed by atoms with Crippen LogP contribution in [-0.2, 0) is 6.18 Å². The van der Waals surface area contributed by atoms with Gasteiger partial charge >= 0.3 is 6.18 Å². The molecule has 136 valence electrons. The second-order valence-corrected chi connectivity index (χ2v) is 6.08. The summed E-state index contributed by atoms with van der Waals surface area (Å²) in [7, 11) is 0. The maximum absolute atomic E-state index is 12.8. The Morgan fingerprint density at radius 3 is 2.58 bits per heavy atom. The molecule has 1 aromatic carbocycles. The lowest BCUT2D eigenvalue weighted by atomic mass is 10.1. The molecule has 0 fully saturated rings. The predicted molar refractivity (Wildman–Crippen MR) is 88.9 cm³/mol. The van der Waals surface area contributed by atoms with Crippen LogP contribution in [0.5, 0.6) is 0 Å². The number of aromatic amines is 1. The number of nitrogens with zero attached hydrogens (tertiary/aromatic N) is 4. The second-order valence-electron chi connectivity index (χ2n) is 5.68. The van der Waals surface area contributed by atoms with Crippen molar-refractivity contribution < 1.29 is 13.2 Å². The van der Waals surface area contributed by atoms with Gasteiger partial charge in [0, 0.05) is 11.1 Å². The summed E-state index contributed by atoms with van der Waals surface area (Å²) in [5, 5.41) is 8.34. The minimum atomic E-state index is -4.47. The van der Waals surface area contributed by atoms with E-state index in [1.165, 1.54) is 23.1 Å². The summed E-state index contributed by atoms with van der Waals surface area (Å²) in [5.74, 6) is 0.431. The van der Waals surface area contributed by atoms with E-state index in [4.69, 9.17) is 11.6 Å². The molecule has 10 heteroatoms. The molecule has 2 aromatic heterocycles. The topological polar surface area (TPSA) is 76.5 Å². The van der Waals surface area contributed by atoms with Crippen LogP contribution in [0, 0.1) is 6.92 Å². The molecule has 0 saturated heterocycles. The van der Waals surface area contributed by atoms with Crippen LogP contribution >= 0.6 is 11.6 Å². The van der Waals surface area contributed by atoms with Crippen molar-refractivity contribution in [2.45, 2.75) is 26.1 Å². The Kier molecular flexibility index (Phi) is 4.57. The fraction of sp³-hybridized carbons (Fsp3) is 0.250. The zero-order valence-electron chi connectivity index (χ0n) is 13.7. The Morgan fingerprint density at radius 2 is 1.96 bits per heavy atom. The quantitative estimate of drug-likeness (QED) is 0.749.